The first-order valence-electron chi connectivity index (χ1n) is 9.60. The topological polar surface area (TPSA) is 95.7 Å². The molecule has 1 amide bonds. The van der Waals surface area contributed by atoms with Gasteiger partial charge in [0.1, 0.15) is 6.61 Å². The van der Waals surface area contributed by atoms with Crippen LogP contribution in [0.4, 0.5) is 4.79 Å². The van der Waals surface area contributed by atoms with Crippen LogP contribution >= 0.6 is 0 Å². The fourth-order valence-corrected chi connectivity index (χ4v) is 6.03. The number of fused-ring (bicyclic) bond motifs is 1. The molecule has 0 radical (unpaired) electrons. The number of rotatable bonds is 6. The second-order valence-corrected chi connectivity index (χ2v) is 9.46. The van der Waals surface area contributed by atoms with Crippen molar-refractivity contribution < 1.29 is 23.1 Å². The number of alkyl carbamates (subject to hydrolysis) is 1. The van der Waals surface area contributed by atoms with Gasteiger partial charge in [-0.05, 0) is 31.0 Å². The number of hydrogen-bond donors (Lipinski definition) is 2. The maximum absolute atomic E-state index is 13.0. The van der Waals surface area contributed by atoms with Crippen molar-refractivity contribution >= 4 is 16.1 Å². The third kappa shape index (κ3) is 3.88. The molecule has 7 nitrogen and oxygen atoms in total. The molecule has 154 valence electrons. The van der Waals surface area contributed by atoms with E-state index in [4.69, 9.17) is 4.74 Å². The summed E-state index contributed by atoms with van der Waals surface area (Å²) >= 11 is 0. The number of aryl methyl sites for hydroxylation is 1. The molecule has 0 spiro atoms. The molecule has 8 heteroatoms. The highest BCUT2D eigenvalue weighted by Gasteiger charge is 2.66. The molecule has 2 aliphatic rings. The zero-order valence-corrected chi connectivity index (χ0v) is 16.9. The number of nitrogens with one attached hydrogen (secondary N) is 1. The van der Waals surface area contributed by atoms with Crippen LogP contribution in [0.15, 0.2) is 59.5 Å². The maximum Gasteiger partial charge on any atom is 0.407 e. The van der Waals surface area contributed by atoms with Crippen LogP contribution in [0, 0.1) is 12.8 Å². The number of nitrogens with zero attached hydrogens (tertiary/aromatic N) is 1. The lowest BCUT2D eigenvalue weighted by atomic mass is 10.1. The standard InChI is InChI=1S/C21H24N2O5S/c1-14-7-9-17(10-8-14)29(26,27)23-19-16(12-24)11-18(20(19)23)22-21(25)28-13-15-5-3-2-4-6-15/h2-10,16,18-20,24H,11-13H2,1H3,(H,22,25)/t16-,18-,19-,20+,23?/m0/s1. The number of benzene rings is 2. The van der Waals surface area contributed by atoms with E-state index >= 15 is 0 Å². The van der Waals surface area contributed by atoms with Gasteiger partial charge >= 0.3 is 6.09 Å². The van der Waals surface area contributed by atoms with Crippen LogP contribution in [0.2, 0.25) is 0 Å². The van der Waals surface area contributed by atoms with Crippen molar-refractivity contribution in [1.29, 1.82) is 0 Å². The molecule has 2 N–H and O–H groups in total. The van der Waals surface area contributed by atoms with Crippen molar-refractivity contribution in [3.05, 3.63) is 65.7 Å². The first-order valence-corrected chi connectivity index (χ1v) is 11.0. The molecule has 0 aromatic heterocycles. The Labute approximate surface area is 170 Å². The van der Waals surface area contributed by atoms with E-state index in [2.05, 4.69) is 5.32 Å². The molecule has 5 atom stereocenters. The number of aliphatic hydroxyl groups excluding tert-OH is 1. The second-order valence-electron chi connectivity index (χ2n) is 7.62. The van der Waals surface area contributed by atoms with Crippen LogP contribution in [-0.4, -0.2) is 48.7 Å². The zero-order valence-electron chi connectivity index (χ0n) is 16.1. The van der Waals surface area contributed by atoms with Crippen molar-refractivity contribution in [2.24, 2.45) is 5.92 Å². The molecule has 1 saturated heterocycles. The summed E-state index contributed by atoms with van der Waals surface area (Å²) < 4.78 is 32.7. The SMILES string of the molecule is Cc1ccc(S(=O)(=O)N2[C@H]3[C@H](CO)C[C@H](NC(=O)OCc4ccccc4)[C@H]32)cc1. The van der Waals surface area contributed by atoms with Gasteiger partial charge in [0.2, 0.25) is 10.0 Å². The molecule has 1 saturated carbocycles. The number of sulfonamides is 1. The Hall–Kier alpha value is -2.42. The average molecular weight is 416 g/mol. The quantitative estimate of drug-likeness (QED) is 0.703. The number of carbonyl (C=O) groups is 1. The van der Waals surface area contributed by atoms with Gasteiger partial charge in [0, 0.05) is 18.6 Å². The van der Waals surface area contributed by atoms with Gasteiger partial charge in [-0.3, -0.25) is 0 Å². The number of hydrogen-bond acceptors (Lipinski definition) is 5. The summed E-state index contributed by atoms with van der Waals surface area (Å²) in [4.78, 5) is 12.5. The summed E-state index contributed by atoms with van der Waals surface area (Å²) in [5, 5.41) is 12.5. The van der Waals surface area contributed by atoms with E-state index < -0.39 is 16.1 Å². The summed E-state index contributed by atoms with van der Waals surface area (Å²) in [6.07, 6.45) is -0.0672. The Kier molecular flexibility index (Phi) is 5.33. The van der Waals surface area contributed by atoms with Crippen molar-refractivity contribution in [3.63, 3.8) is 0 Å². The molecule has 1 unspecified atom stereocenters. The minimum absolute atomic E-state index is 0.127. The van der Waals surface area contributed by atoms with E-state index in [-0.39, 0.29) is 42.2 Å². The highest BCUT2D eigenvalue weighted by Crippen LogP contribution is 2.49. The predicted octanol–water partition coefficient (Wildman–Crippen LogP) is 2.04. The van der Waals surface area contributed by atoms with E-state index in [9.17, 15) is 18.3 Å². The molecule has 2 aromatic carbocycles. The van der Waals surface area contributed by atoms with Crippen LogP contribution in [0.3, 0.4) is 0 Å². The molecular formula is C21H24N2O5S. The van der Waals surface area contributed by atoms with Gasteiger partial charge in [-0.25, -0.2) is 13.2 Å². The highest BCUT2D eigenvalue weighted by atomic mass is 32.2. The van der Waals surface area contributed by atoms with E-state index in [0.717, 1.165) is 11.1 Å². The van der Waals surface area contributed by atoms with E-state index in [1.807, 2.05) is 37.3 Å². The summed E-state index contributed by atoms with van der Waals surface area (Å²) in [7, 11) is -3.68. The predicted molar refractivity (Wildman–Crippen MR) is 107 cm³/mol. The fraction of sp³-hybridized carbons (Fsp3) is 0.381. The Bertz CT molecular complexity index is 978. The fourth-order valence-electron chi connectivity index (χ4n) is 4.15. The van der Waals surface area contributed by atoms with Crippen LogP contribution in [0.5, 0.6) is 0 Å². The highest BCUT2D eigenvalue weighted by molar-refractivity contribution is 7.89. The smallest absolute Gasteiger partial charge is 0.407 e. The third-order valence-corrected chi connectivity index (χ3v) is 7.56. The monoisotopic (exact) mass is 416 g/mol. The van der Waals surface area contributed by atoms with E-state index in [1.165, 1.54) is 4.31 Å². The lowest BCUT2D eigenvalue weighted by Crippen LogP contribution is -2.41. The van der Waals surface area contributed by atoms with Gasteiger partial charge in [0.15, 0.2) is 0 Å². The lowest BCUT2D eigenvalue weighted by Gasteiger charge is -2.21. The van der Waals surface area contributed by atoms with Crippen molar-refractivity contribution in [2.75, 3.05) is 6.61 Å². The largest absolute Gasteiger partial charge is 0.445 e. The molecule has 2 aromatic rings. The van der Waals surface area contributed by atoms with Crippen LogP contribution in [-0.2, 0) is 21.4 Å². The van der Waals surface area contributed by atoms with E-state index in [1.54, 1.807) is 24.3 Å². The lowest BCUT2D eigenvalue weighted by molar-refractivity contribution is 0.132. The normalized spacial score (nSPS) is 27.9. The molecular weight excluding hydrogens is 392 g/mol. The molecule has 4 rings (SSSR count). The third-order valence-electron chi connectivity index (χ3n) is 5.65. The van der Waals surface area contributed by atoms with Gasteiger partial charge in [0.05, 0.1) is 17.0 Å². The van der Waals surface area contributed by atoms with Gasteiger partial charge < -0.3 is 15.2 Å². The van der Waals surface area contributed by atoms with Crippen molar-refractivity contribution in [3.8, 4) is 0 Å². The minimum atomic E-state index is -3.68. The first-order chi connectivity index (χ1) is 13.9. The average Bonchev–Trinajstić information content (AvgIpc) is 3.38. The number of amides is 1. The molecule has 0 bridgehead atoms. The molecule has 29 heavy (non-hydrogen) atoms. The van der Waals surface area contributed by atoms with Gasteiger partial charge in [-0.15, -0.1) is 0 Å². The first kappa shape index (κ1) is 19.9. The summed E-state index contributed by atoms with van der Waals surface area (Å²) in [6.45, 7) is 1.91. The Morgan fingerprint density at radius 1 is 1.14 bits per heavy atom. The Balaban J connectivity index is 1.43. The molecule has 1 heterocycles. The van der Waals surface area contributed by atoms with Crippen molar-refractivity contribution in [2.45, 2.75) is 43.0 Å². The minimum Gasteiger partial charge on any atom is -0.445 e. The van der Waals surface area contributed by atoms with Gasteiger partial charge in [-0.2, -0.15) is 4.31 Å². The summed E-state index contributed by atoms with van der Waals surface area (Å²) in [5.74, 6) is -0.209. The number of ether oxygens (including phenoxy) is 1. The Morgan fingerprint density at radius 2 is 1.83 bits per heavy atom. The number of carbonyl (C=O) groups excluding carboxylic acids is 1. The van der Waals surface area contributed by atoms with E-state index in [0.29, 0.717) is 6.42 Å². The van der Waals surface area contributed by atoms with Crippen LogP contribution in [0.25, 0.3) is 0 Å². The molecule has 2 fully saturated rings. The molecule has 1 aliphatic carbocycles. The number of aliphatic hydroxyl groups is 1. The van der Waals surface area contributed by atoms with Gasteiger partial charge in [0.25, 0.3) is 0 Å². The second kappa shape index (κ2) is 7.78. The molecule has 1 aliphatic heterocycles. The van der Waals surface area contributed by atoms with Crippen LogP contribution < -0.4 is 5.32 Å². The van der Waals surface area contributed by atoms with Crippen LogP contribution in [0.1, 0.15) is 17.5 Å². The summed E-state index contributed by atoms with van der Waals surface area (Å²) in [5.41, 5.74) is 1.85. The van der Waals surface area contributed by atoms with Crippen molar-refractivity contribution in [1.82, 2.24) is 9.62 Å². The Morgan fingerprint density at radius 3 is 2.48 bits per heavy atom. The van der Waals surface area contributed by atoms with Gasteiger partial charge in [-0.1, -0.05) is 48.0 Å². The zero-order chi connectivity index (χ0) is 20.6. The summed E-state index contributed by atoms with van der Waals surface area (Å²) in [6, 6.07) is 15.0. The number of piperidine rings is 1. The maximum atomic E-state index is 13.0.